The van der Waals surface area contributed by atoms with E-state index in [-0.39, 0.29) is 23.6 Å². The van der Waals surface area contributed by atoms with Crippen molar-refractivity contribution >= 4 is 18.4 Å². The molecule has 8 nitrogen and oxygen atoms in total. The van der Waals surface area contributed by atoms with Gasteiger partial charge in [0, 0.05) is 6.04 Å². The summed E-state index contributed by atoms with van der Waals surface area (Å²) in [6, 6.07) is 14.7. The first-order chi connectivity index (χ1) is 13.1. The third-order valence-corrected chi connectivity index (χ3v) is 4.68. The molecule has 3 aromatic rings. The van der Waals surface area contributed by atoms with Gasteiger partial charge in [0.1, 0.15) is 0 Å². The van der Waals surface area contributed by atoms with Crippen LogP contribution in [0.3, 0.4) is 0 Å². The maximum Gasteiger partial charge on any atom is 0.216 e. The molecule has 4 rings (SSSR count). The highest BCUT2D eigenvalue weighted by Gasteiger charge is 2.29. The van der Waals surface area contributed by atoms with Crippen LogP contribution in [0.4, 0.5) is 0 Å². The Kier molecular flexibility index (Phi) is 4.71. The van der Waals surface area contributed by atoms with Crippen LogP contribution < -0.4 is 10.9 Å². The smallest absolute Gasteiger partial charge is 0.216 e. The van der Waals surface area contributed by atoms with Gasteiger partial charge in [0.25, 0.3) is 0 Å². The molecule has 9 heteroatoms. The van der Waals surface area contributed by atoms with Crippen LogP contribution >= 0.6 is 12.2 Å². The number of hydrazine groups is 1. The van der Waals surface area contributed by atoms with Crippen molar-refractivity contribution in [1.82, 2.24) is 25.7 Å². The average Bonchev–Trinajstić information content (AvgIpc) is 3.30. The molecular formula is C18H18N6O2S. The van der Waals surface area contributed by atoms with E-state index in [9.17, 15) is 10.2 Å². The van der Waals surface area contributed by atoms with Gasteiger partial charge in [-0.15, -0.1) is 0 Å². The molecule has 0 aliphatic carbocycles. The van der Waals surface area contributed by atoms with Crippen LogP contribution in [-0.4, -0.2) is 31.3 Å². The number of nitrogens with one attached hydrogen (secondary N) is 3. The largest absolute Gasteiger partial charge is 0.504 e. The van der Waals surface area contributed by atoms with E-state index >= 15 is 0 Å². The molecule has 2 unspecified atom stereocenters. The minimum absolute atomic E-state index is 0.0754. The molecule has 1 aliphatic rings. The molecule has 1 aliphatic heterocycles. The summed E-state index contributed by atoms with van der Waals surface area (Å²) in [5, 5.41) is 30.5. The van der Waals surface area contributed by atoms with Gasteiger partial charge in [0.2, 0.25) is 4.77 Å². The normalized spacial score (nSPS) is 19.7. The van der Waals surface area contributed by atoms with Crippen molar-refractivity contribution in [3.63, 3.8) is 0 Å². The number of aromatic hydroxyl groups is 2. The standard InChI is InChI=1S/C18H18N6O2S/c25-15-7-6-11(8-16(15)26)10-19-24-17(22-23-18(24)27)14-9-13(20-21-14)12-4-2-1-3-5-12/h1-8,10,13-14,20-21,25-26H,9H2,(H,23,27)/b19-10+. The summed E-state index contributed by atoms with van der Waals surface area (Å²) in [6.45, 7) is 0. The molecular weight excluding hydrogens is 364 g/mol. The first-order valence-electron chi connectivity index (χ1n) is 8.41. The molecule has 138 valence electrons. The Morgan fingerprint density at radius 1 is 1.07 bits per heavy atom. The van der Waals surface area contributed by atoms with Crippen molar-refractivity contribution in [3.8, 4) is 11.5 Å². The van der Waals surface area contributed by atoms with Crippen molar-refractivity contribution in [3.05, 3.63) is 70.3 Å². The quantitative estimate of drug-likeness (QED) is 0.269. The fraction of sp³-hybridized carbons (Fsp3) is 0.167. The van der Waals surface area contributed by atoms with Crippen LogP contribution in [0.15, 0.2) is 53.6 Å². The molecule has 0 saturated carbocycles. The predicted octanol–water partition coefficient (Wildman–Crippen LogP) is 2.51. The molecule has 5 N–H and O–H groups in total. The van der Waals surface area contributed by atoms with Gasteiger partial charge in [-0.1, -0.05) is 30.3 Å². The van der Waals surface area contributed by atoms with Crippen LogP contribution in [0.5, 0.6) is 11.5 Å². The van der Waals surface area contributed by atoms with Gasteiger partial charge in [-0.25, -0.2) is 10.9 Å². The zero-order chi connectivity index (χ0) is 18.8. The third kappa shape index (κ3) is 3.61. The highest BCUT2D eigenvalue weighted by Crippen LogP contribution is 2.30. The highest BCUT2D eigenvalue weighted by molar-refractivity contribution is 7.71. The highest BCUT2D eigenvalue weighted by atomic mass is 32.1. The molecule has 0 spiro atoms. The van der Waals surface area contributed by atoms with Crippen LogP contribution in [-0.2, 0) is 0 Å². The summed E-state index contributed by atoms with van der Waals surface area (Å²) in [5.41, 5.74) is 8.34. The minimum Gasteiger partial charge on any atom is -0.504 e. The summed E-state index contributed by atoms with van der Waals surface area (Å²) in [5.74, 6) is 0.272. The van der Waals surface area contributed by atoms with E-state index in [0.717, 1.165) is 6.42 Å². The second kappa shape index (κ2) is 7.31. The molecule has 0 amide bonds. The number of phenols is 2. The topological polar surface area (TPSA) is 110 Å². The number of H-pyrrole nitrogens is 1. The summed E-state index contributed by atoms with van der Waals surface area (Å²) < 4.78 is 1.92. The Morgan fingerprint density at radius 2 is 1.85 bits per heavy atom. The second-order valence-corrected chi connectivity index (χ2v) is 6.62. The number of benzene rings is 2. The minimum atomic E-state index is -0.206. The van der Waals surface area contributed by atoms with E-state index < -0.39 is 0 Å². The molecule has 0 bridgehead atoms. The van der Waals surface area contributed by atoms with Gasteiger partial charge in [-0.3, -0.25) is 5.10 Å². The summed E-state index contributed by atoms with van der Waals surface area (Å²) >= 11 is 5.29. The van der Waals surface area contributed by atoms with Gasteiger partial charge >= 0.3 is 0 Å². The number of hydrogen-bond donors (Lipinski definition) is 5. The van der Waals surface area contributed by atoms with E-state index in [1.165, 1.54) is 17.7 Å². The molecule has 1 aromatic heterocycles. The van der Waals surface area contributed by atoms with Crippen LogP contribution in [0.25, 0.3) is 0 Å². The lowest BCUT2D eigenvalue weighted by molar-refractivity contribution is 0.403. The Morgan fingerprint density at radius 3 is 2.63 bits per heavy atom. The fourth-order valence-corrected chi connectivity index (χ4v) is 3.20. The maximum absolute atomic E-state index is 9.60. The van der Waals surface area contributed by atoms with Gasteiger partial charge in [0.05, 0.1) is 12.3 Å². The number of hydrogen-bond acceptors (Lipinski definition) is 7. The van der Waals surface area contributed by atoms with Crippen LogP contribution in [0.2, 0.25) is 0 Å². The molecule has 0 radical (unpaired) electrons. The number of phenolic OH excluding ortho intramolecular Hbond substituents is 2. The predicted molar refractivity (Wildman–Crippen MR) is 103 cm³/mol. The first-order valence-corrected chi connectivity index (χ1v) is 8.82. The third-order valence-electron chi connectivity index (χ3n) is 4.41. The molecule has 2 aromatic carbocycles. The monoisotopic (exact) mass is 382 g/mol. The fourth-order valence-electron chi connectivity index (χ4n) is 3.02. The summed E-state index contributed by atoms with van der Waals surface area (Å²) in [6.07, 6.45) is 2.34. The summed E-state index contributed by atoms with van der Waals surface area (Å²) in [4.78, 5) is 0. The van der Waals surface area contributed by atoms with Crippen molar-refractivity contribution in [2.75, 3.05) is 0 Å². The van der Waals surface area contributed by atoms with E-state index in [4.69, 9.17) is 12.2 Å². The Hall–Kier alpha value is -3.01. The first kappa shape index (κ1) is 17.4. The molecule has 1 fully saturated rings. The van der Waals surface area contributed by atoms with Gasteiger partial charge in [0.15, 0.2) is 17.3 Å². The maximum atomic E-state index is 9.60. The average molecular weight is 382 g/mol. The van der Waals surface area contributed by atoms with E-state index in [2.05, 4.69) is 38.3 Å². The Bertz CT molecular complexity index is 1030. The van der Waals surface area contributed by atoms with E-state index in [0.29, 0.717) is 16.2 Å². The van der Waals surface area contributed by atoms with Crippen molar-refractivity contribution in [1.29, 1.82) is 0 Å². The van der Waals surface area contributed by atoms with Crippen molar-refractivity contribution < 1.29 is 10.2 Å². The second-order valence-electron chi connectivity index (χ2n) is 6.23. The molecule has 1 saturated heterocycles. The Labute approximate surface area is 160 Å². The number of rotatable bonds is 4. The lowest BCUT2D eigenvalue weighted by atomic mass is 10.0. The lowest BCUT2D eigenvalue weighted by Gasteiger charge is -2.09. The lowest BCUT2D eigenvalue weighted by Crippen LogP contribution is -2.27. The molecule has 2 heterocycles. The number of aromatic nitrogens is 3. The SMILES string of the molecule is Oc1ccc(/C=N/n2c(C3CC(c4ccccc4)NN3)n[nH]c2=S)cc1O. The van der Waals surface area contributed by atoms with Crippen LogP contribution in [0.1, 0.15) is 35.5 Å². The number of aromatic amines is 1. The van der Waals surface area contributed by atoms with Crippen molar-refractivity contribution in [2.45, 2.75) is 18.5 Å². The number of nitrogens with zero attached hydrogens (tertiary/aromatic N) is 3. The van der Waals surface area contributed by atoms with E-state index in [1.54, 1.807) is 17.0 Å². The van der Waals surface area contributed by atoms with Crippen molar-refractivity contribution in [2.24, 2.45) is 5.10 Å². The summed E-state index contributed by atoms with van der Waals surface area (Å²) in [7, 11) is 0. The van der Waals surface area contributed by atoms with Gasteiger partial charge in [-0.05, 0) is 48.0 Å². The van der Waals surface area contributed by atoms with E-state index in [1.807, 2.05) is 18.2 Å². The van der Waals surface area contributed by atoms with Gasteiger partial charge < -0.3 is 10.2 Å². The van der Waals surface area contributed by atoms with Crippen LogP contribution in [0, 0.1) is 4.77 Å². The zero-order valence-corrected chi connectivity index (χ0v) is 15.0. The Balaban J connectivity index is 1.56. The van der Waals surface area contributed by atoms with Gasteiger partial charge in [-0.2, -0.15) is 14.9 Å². The molecule has 27 heavy (non-hydrogen) atoms. The molecule has 2 atom stereocenters. The zero-order valence-electron chi connectivity index (χ0n) is 14.2.